The zero-order valence-electron chi connectivity index (χ0n) is 12.7. The minimum absolute atomic E-state index is 0.700. The first-order valence-electron chi connectivity index (χ1n) is 7.45. The van der Waals surface area contributed by atoms with Crippen LogP contribution in [-0.2, 0) is 4.74 Å². The molecule has 5 heteroatoms. The van der Waals surface area contributed by atoms with E-state index in [4.69, 9.17) is 4.74 Å². The van der Waals surface area contributed by atoms with Gasteiger partial charge in [-0.15, -0.1) is 0 Å². The lowest BCUT2D eigenvalue weighted by atomic mass is 10.0. The van der Waals surface area contributed by atoms with Crippen molar-refractivity contribution >= 4 is 5.96 Å². The maximum absolute atomic E-state index is 5.00. The molecule has 1 atom stereocenters. The average molecular weight is 270 g/mol. The van der Waals surface area contributed by atoms with E-state index < -0.39 is 0 Å². The van der Waals surface area contributed by atoms with Crippen molar-refractivity contribution in [2.45, 2.75) is 38.6 Å². The Morgan fingerprint density at radius 1 is 1.32 bits per heavy atom. The summed E-state index contributed by atoms with van der Waals surface area (Å²) >= 11 is 0. The Bertz CT molecular complexity index is 258. The molecule has 1 fully saturated rings. The zero-order valence-corrected chi connectivity index (χ0v) is 12.7. The number of likely N-dealkylation sites (tertiary alicyclic amines) is 1. The molecule has 0 aromatic carbocycles. The van der Waals surface area contributed by atoms with Crippen LogP contribution in [0.4, 0.5) is 0 Å². The van der Waals surface area contributed by atoms with E-state index in [1.54, 1.807) is 14.2 Å². The molecule has 0 aliphatic carbocycles. The summed E-state index contributed by atoms with van der Waals surface area (Å²) in [4.78, 5) is 6.79. The average Bonchev–Trinajstić information content (AvgIpc) is 2.43. The topological polar surface area (TPSA) is 48.9 Å². The van der Waals surface area contributed by atoms with E-state index in [1.165, 1.54) is 32.4 Å². The quantitative estimate of drug-likeness (QED) is 0.413. The molecule has 5 nitrogen and oxygen atoms in total. The summed E-state index contributed by atoms with van der Waals surface area (Å²) in [6, 6.07) is 0.757. The number of ether oxygens (including phenoxy) is 1. The molecule has 0 radical (unpaired) electrons. The maximum atomic E-state index is 5.00. The van der Waals surface area contributed by atoms with Crippen LogP contribution < -0.4 is 10.6 Å². The molecule has 0 aromatic heterocycles. The van der Waals surface area contributed by atoms with E-state index in [0.29, 0.717) is 6.61 Å². The molecule has 112 valence electrons. The van der Waals surface area contributed by atoms with Crippen LogP contribution in [0.2, 0.25) is 0 Å². The number of hydrogen-bond donors (Lipinski definition) is 2. The Labute approximate surface area is 117 Å². The van der Waals surface area contributed by atoms with Gasteiger partial charge in [0.2, 0.25) is 0 Å². The normalized spacial score (nSPS) is 21.4. The number of nitrogens with zero attached hydrogens (tertiary/aromatic N) is 2. The molecule has 1 saturated heterocycles. The van der Waals surface area contributed by atoms with E-state index in [9.17, 15) is 0 Å². The third-order valence-corrected chi connectivity index (χ3v) is 3.68. The van der Waals surface area contributed by atoms with Crippen molar-refractivity contribution in [1.29, 1.82) is 0 Å². The number of aliphatic imine (C=N–C) groups is 1. The Kier molecular flexibility index (Phi) is 8.58. The number of hydrogen-bond acceptors (Lipinski definition) is 3. The summed E-state index contributed by atoms with van der Waals surface area (Å²) < 4.78 is 5.00. The van der Waals surface area contributed by atoms with Gasteiger partial charge < -0.3 is 20.3 Å². The lowest BCUT2D eigenvalue weighted by molar-refractivity contribution is 0.159. The third-order valence-electron chi connectivity index (χ3n) is 3.68. The van der Waals surface area contributed by atoms with Crippen LogP contribution in [-0.4, -0.2) is 63.8 Å². The van der Waals surface area contributed by atoms with Gasteiger partial charge in [0.25, 0.3) is 0 Å². The van der Waals surface area contributed by atoms with Crippen LogP contribution in [0.5, 0.6) is 0 Å². The summed E-state index contributed by atoms with van der Waals surface area (Å²) in [6.07, 6.45) is 5.27. The lowest BCUT2D eigenvalue weighted by Gasteiger charge is -2.33. The minimum atomic E-state index is 0.700. The van der Waals surface area contributed by atoms with E-state index in [-0.39, 0.29) is 0 Å². The molecule has 1 rings (SSSR count). The van der Waals surface area contributed by atoms with E-state index in [2.05, 4.69) is 27.4 Å². The van der Waals surface area contributed by atoms with Crippen molar-refractivity contribution in [2.75, 3.05) is 46.9 Å². The smallest absolute Gasteiger partial charge is 0.191 e. The maximum Gasteiger partial charge on any atom is 0.191 e. The third kappa shape index (κ3) is 6.78. The zero-order chi connectivity index (χ0) is 13.9. The molecule has 0 spiro atoms. The molecule has 0 saturated carbocycles. The van der Waals surface area contributed by atoms with E-state index in [1.807, 2.05) is 0 Å². The van der Waals surface area contributed by atoms with Gasteiger partial charge in [-0.25, -0.2) is 0 Å². The molecular formula is C14H30N4O. The standard InChI is InChI=1S/C14H30N4O/c1-13-7-4-5-10-18(13)11-6-8-16-14(15-2)17-9-12-19-3/h13H,4-12H2,1-3H3,(H2,15,16,17). The molecule has 0 amide bonds. The molecule has 1 unspecified atom stereocenters. The second-order valence-corrected chi connectivity index (χ2v) is 5.15. The Hall–Kier alpha value is -0.810. The van der Waals surface area contributed by atoms with Crippen LogP contribution in [0.15, 0.2) is 4.99 Å². The van der Waals surface area contributed by atoms with Gasteiger partial charge in [0.1, 0.15) is 0 Å². The fraction of sp³-hybridized carbons (Fsp3) is 0.929. The summed E-state index contributed by atoms with van der Waals surface area (Å²) in [7, 11) is 3.51. The summed E-state index contributed by atoms with van der Waals surface area (Å²) in [6.45, 7) is 7.25. The van der Waals surface area contributed by atoms with Gasteiger partial charge >= 0.3 is 0 Å². The van der Waals surface area contributed by atoms with Gasteiger partial charge in [-0.3, -0.25) is 4.99 Å². The van der Waals surface area contributed by atoms with Gasteiger partial charge in [0.15, 0.2) is 5.96 Å². The molecule has 2 N–H and O–H groups in total. The Balaban J connectivity index is 2.08. The van der Waals surface area contributed by atoms with Crippen molar-refractivity contribution in [1.82, 2.24) is 15.5 Å². The second kappa shape index (κ2) is 10.0. The van der Waals surface area contributed by atoms with Crippen molar-refractivity contribution in [3.05, 3.63) is 0 Å². The van der Waals surface area contributed by atoms with Gasteiger partial charge in [0, 0.05) is 39.8 Å². The number of guanidine groups is 1. The summed E-state index contributed by atoms with van der Waals surface area (Å²) in [5.41, 5.74) is 0. The predicted molar refractivity (Wildman–Crippen MR) is 80.7 cm³/mol. The lowest BCUT2D eigenvalue weighted by Crippen LogP contribution is -2.42. The second-order valence-electron chi connectivity index (χ2n) is 5.15. The highest BCUT2D eigenvalue weighted by atomic mass is 16.5. The largest absolute Gasteiger partial charge is 0.383 e. The van der Waals surface area contributed by atoms with Crippen molar-refractivity contribution in [2.24, 2.45) is 4.99 Å². The van der Waals surface area contributed by atoms with E-state index in [0.717, 1.165) is 31.5 Å². The van der Waals surface area contributed by atoms with Crippen LogP contribution in [0.3, 0.4) is 0 Å². The highest BCUT2D eigenvalue weighted by Crippen LogP contribution is 2.15. The first-order chi connectivity index (χ1) is 9.27. The molecule has 0 bridgehead atoms. The van der Waals surface area contributed by atoms with Gasteiger partial charge in [-0.2, -0.15) is 0 Å². The minimum Gasteiger partial charge on any atom is -0.383 e. The van der Waals surface area contributed by atoms with Crippen LogP contribution >= 0.6 is 0 Å². The molecule has 1 heterocycles. The molecular weight excluding hydrogens is 240 g/mol. The molecule has 1 aliphatic heterocycles. The van der Waals surface area contributed by atoms with Gasteiger partial charge in [-0.05, 0) is 32.7 Å². The van der Waals surface area contributed by atoms with Crippen molar-refractivity contribution in [3.63, 3.8) is 0 Å². The fourth-order valence-corrected chi connectivity index (χ4v) is 2.47. The number of piperidine rings is 1. The predicted octanol–water partition coefficient (Wildman–Crippen LogP) is 1.06. The first kappa shape index (κ1) is 16.2. The molecule has 19 heavy (non-hydrogen) atoms. The fourth-order valence-electron chi connectivity index (χ4n) is 2.47. The Morgan fingerprint density at radius 2 is 2.11 bits per heavy atom. The summed E-state index contributed by atoms with van der Waals surface area (Å²) in [5, 5.41) is 6.56. The molecule has 0 aromatic rings. The monoisotopic (exact) mass is 270 g/mol. The SMILES string of the molecule is CN=C(NCCCN1CCCCC1C)NCCOC. The Morgan fingerprint density at radius 3 is 2.79 bits per heavy atom. The van der Waals surface area contributed by atoms with Crippen molar-refractivity contribution < 1.29 is 4.74 Å². The van der Waals surface area contributed by atoms with E-state index >= 15 is 0 Å². The van der Waals surface area contributed by atoms with Gasteiger partial charge in [-0.1, -0.05) is 6.42 Å². The highest BCUT2D eigenvalue weighted by molar-refractivity contribution is 5.79. The molecule has 1 aliphatic rings. The summed E-state index contributed by atoms with van der Waals surface area (Å²) in [5.74, 6) is 0.865. The number of rotatable bonds is 7. The number of nitrogens with one attached hydrogen (secondary N) is 2. The van der Waals surface area contributed by atoms with Crippen molar-refractivity contribution in [3.8, 4) is 0 Å². The van der Waals surface area contributed by atoms with Crippen LogP contribution in [0, 0.1) is 0 Å². The van der Waals surface area contributed by atoms with Crippen LogP contribution in [0.1, 0.15) is 32.6 Å². The first-order valence-corrected chi connectivity index (χ1v) is 7.45. The highest BCUT2D eigenvalue weighted by Gasteiger charge is 2.16. The van der Waals surface area contributed by atoms with Crippen LogP contribution in [0.25, 0.3) is 0 Å². The van der Waals surface area contributed by atoms with Gasteiger partial charge in [0.05, 0.1) is 6.61 Å². The number of methoxy groups -OCH3 is 1.